The van der Waals surface area contributed by atoms with Crippen LogP contribution in [0.1, 0.15) is 179 Å². The highest BCUT2D eigenvalue weighted by atomic mass is 15.1. The van der Waals surface area contributed by atoms with E-state index in [9.17, 15) is 0 Å². The maximum absolute atomic E-state index is 2.51. The van der Waals surface area contributed by atoms with Crippen molar-refractivity contribution in [3.05, 3.63) is 35.4 Å². The quantitative estimate of drug-likeness (QED) is 0.0869. The van der Waals surface area contributed by atoms with Gasteiger partial charge >= 0.3 is 0 Å². The standard InChI is InChI=1S/C38H72N2/c1-5-7-9-11-13-15-17-19-21-23-25-27-33-39(3)35-37-29-31-38(32-30-37)36-40(4)34-28-26-24-22-20-18-16-14-12-10-8-6-2/h29-32H,5-28,33-36H2,1-4H3. The van der Waals surface area contributed by atoms with Crippen LogP contribution in [0.3, 0.4) is 0 Å². The molecule has 0 radical (unpaired) electrons. The molecule has 1 aromatic rings. The summed E-state index contributed by atoms with van der Waals surface area (Å²) in [4.78, 5) is 5.01. The number of benzene rings is 1. The molecular formula is C38H72N2. The third kappa shape index (κ3) is 23.8. The summed E-state index contributed by atoms with van der Waals surface area (Å²) in [6.07, 6.45) is 34.2. The maximum atomic E-state index is 2.51. The van der Waals surface area contributed by atoms with Gasteiger partial charge in [-0.1, -0.05) is 179 Å². The zero-order chi connectivity index (χ0) is 28.9. The van der Waals surface area contributed by atoms with Gasteiger partial charge in [-0.05, 0) is 51.2 Å². The molecule has 40 heavy (non-hydrogen) atoms. The van der Waals surface area contributed by atoms with E-state index >= 15 is 0 Å². The van der Waals surface area contributed by atoms with E-state index in [0.717, 1.165) is 13.1 Å². The second-order valence-electron chi connectivity index (χ2n) is 13.1. The minimum absolute atomic E-state index is 1.08. The predicted molar refractivity (Wildman–Crippen MR) is 181 cm³/mol. The topological polar surface area (TPSA) is 6.48 Å². The van der Waals surface area contributed by atoms with Crippen molar-refractivity contribution in [2.24, 2.45) is 0 Å². The molecule has 234 valence electrons. The van der Waals surface area contributed by atoms with Crippen molar-refractivity contribution in [2.45, 2.75) is 181 Å². The first-order valence-corrected chi connectivity index (χ1v) is 18.1. The van der Waals surface area contributed by atoms with E-state index in [-0.39, 0.29) is 0 Å². The largest absolute Gasteiger partial charge is 0.302 e. The molecule has 0 aliphatic carbocycles. The van der Waals surface area contributed by atoms with E-state index in [1.165, 1.54) is 178 Å². The minimum atomic E-state index is 1.08. The van der Waals surface area contributed by atoms with Gasteiger partial charge in [-0.15, -0.1) is 0 Å². The Morgan fingerprint density at radius 1 is 0.350 bits per heavy atom. The Bertz CT molecular complexity index is 570. The summed E-state index contributed by atoms with van der Waals surface area (Å²) in [5.41, 5.74) is 2.91. The Balaban J connectivity index is 1.97. The Kier molecular flexibility index (Phi) is 26.3. The molecule has 0 saturated carbocycles. The summed E-state index contributed by atoms with van der Waals surface area (Å²) in [6.45, 7) is 9.20. The average molecular weight is 557 g/mol. The van der Waals surface area contributed by atoms with Gasteiger partial charge in [0, 0.05) is 13.1 Å². The first-order chi connectivity index (χ1) is 19.7. The fourth-order valence-electron chi connectivity index (χ4n) is 5.98. The van der Waals surface area contributed by atoms with E-state index < -0.39 is 0 Å². The molecule has 0 spiro atoms. The smallest absolute Gasteiger partial charge is 0.0230 e. The Labute approximate surface area is 253 Å². The summed E-state index contributed by atoms with van der Waals surface area (Å²) in [7, 11) is 4.57. The van der Waals surface area contributed by atoms with Gasteiger partial charge in [0.15, 0.2) is 0 Å². The van der Waals surface area contributed by atoms with Gasteiger partial charge in [-0.25, -0.2) is 0 Å². The molecule has 0 aliphatic heterocycles. The van der Waals surface area contributed by atoms with E-state index in [1.807, 2.05) is 0 Å². The summed E-state index contributed by atoms with van der Waals surface area (Å²) < 4.78 is 0. The highest BCUT2D eigenvalue weighted by molar-refractivity contribution is 5.22. The zero-order valence-electron chi connectivity index (χ0n) is 28.0. The predicted octanol–water partition coefficient (Wildman–Crippen LogP) is 12.0. The summed E-state index contributed by atoms with van der Waals surface area (Å²) in [5, 5.41) is 0. The van der Waals surface area contributed by atoms with Gasteiger partial charge < -0.3 is 9.80 Å². The van der Waals surface area contributed by atoms with Crippen molar-refractivity contribution in [3.8, 4) is 0 Å². The fourth-order valence-corrected chi connectivity index (χ4v) is 5.98. The van der Waals surface area contributed by atoms with Gasteiger partial charge in [0.1, 0.15) is 0 Å². The number of unbranched alkanes of at least 4 members (excludes halogenated alkanes) is 22. The molecule has 0 unspecified atom stereocenters. The van der Waals surface area contributed by atoms with Crippen LogP contribution in [0.15, 0.2) is 24.3 Å². The lowest BCUT2D eigenvalue weighted by atomic mass is 10.1. The highest BCUT2D eigenvalue weighted by Gasteiger charge is 2.04. The van der Waals surface area contributed by atoms with Crippen molar-refractivity contribution < 1.29 is 0 Å². The molecule has 1 rings (SSSR count). The molecule has 0 saturated heterocycles. The fraction of sp³-hybridized carbons (Fsp3) is 0.842. The molecule has 0 aromatic heterocycles. The molecule has 2 heteroatoms. The van der Waals surface area contributed by atoms with E-state index in [0.29, 0.717) is 0 Å². The number of hydrogen-bond donors (Lipinski definition) is 0. The average Bonchev–Trinajstić information content (AvgIpc) is 2.95. The van der Waals surface area contributed by atoms with Crippen LogP contribution in [0.4, 0.5) is 0 Å². The Morgan fingerprint density at radius 2 is 0.575 bits per heavy atom. The number of nitrogens with zero attached hydrogens (tertiary/aromatic N) is 2. The van der Waals surface area contributed by atoms with Crippen molar-refractivity contribution in [1.82, 2.24) is 9.80 Å². The molecule has 0 amide bonds. The lowest BCUT2D eigenvalue weighted by Gasteiger charge is -2.18. The number of rotatable bonds is 30. The van der Waals surface area contributed by atoms with Gasteiger partial charge in [-0.2, -0.15) is 0 Å². The van der Waals surface area contributed by atoms with Gasteiger partial charge in [0.05, 0.1) is 0 Å². The molecule has 0 aliphatic rings. The van der Waals surface area contributed by atoms with E-state index in [2.05, 4.69) is 62.0 Å². The molecule has 0 heterocycles. The minimum Gasteiger partial charge on any atom is -0.302 e. The lowest BCUT2D eigenvalue weighted by Crippen LogP contribution is -2.20. The van der Waals surface area contributed by atoms with Crippen LogP contribution < -0.4 is 0 Å². The molecule has 0 atom stereocenters. The molecule has 0 N–H and O–H groups in total. The molecular weight excluding hydrogens is 484 g/mol. The summed E-state index contributed by atoms with van der Waals surface area (Å²) in [6, 6.07) is 9.41. The van der Waals surface area contributed by atoms with Crippen LogP contribution in [0, 0.1) is 0 Å². The SMILES string of the molecule is CCCCCCCCCCCCCCN(C)Cc1ccc(CN(C)CCCCCCCCCCCCCC)cc1. The third-order valence-corrected chi connectivity index (χ3v) is 8.71. The van der Waals surface area contributed by atoms with Crippen LogP contribution >= 0.6 is 0 Å². The van der Waals surface area contributed by atoms with Gasteiger partial charge in [0.25, 0.3) is 0 Å². The summed E-state index contributed by atoms with van der Waals surface area (Å²) >= 11 is 0. The Morgan fingerprint density at radius 3 is 0.825 bits per heavy atom. The van der Waals surface area contributed by atoms with Crippen LogP contribution in [0.2, 0.25) is 0 Å². The highest BCUT2D eigenvalue weighted by Crippen LogP contribution is 2.15. The van der Waals surface area contributed by atoms with Gasteiger partial charge in [0.2, 0.25) is 0 Å². The van der Waals surface area contributed by atoms with Crippen molar-refractivity contribution >= 4 is 0 Å². The Hall–Kier alpha value is -0.860. The molecule has 1 aromatic carbocycles. The molecule has 2 nitrogen and oxygen atoms in total. The first kappa shape index (κ1) is 37.2. The second kappa shape index (κ2) is 28.3. The molecule has 0 fully saturated rings. The second-order valence-corrected chi connectivity index (χ2v) is 13.1. The van der Waals surface area contributed by atoms with Crippen LogP contribution in [-0.2, 0) is 13.1 Å². The van der Waals surface area contributed by atoms with Crippen LogP contribution in [0.5, 0.6) is 0 Å². The zero-order valence-corrected chi connectivity index (χ0v) is 28.0. The van der Waals surface area contributed by atoms with Crippen LogP contribution in [0.25, 0.3) is 0 Å². The number of hydrogen-bond acceptors (Lipinski definition) is 2. The lowest BCUT2D eigenvalue weighted by molar-refractivity contribution is 0.314. The third-order valence-electron chi connectivity index (χ3n) is 8.71. The summed E-state index contributed by atoms with van der Waals surface area (Å²) in [5.74, 6) is 0. The van der Waals surface area contributed by atoms with Crippen molar-refractivity contribution in [2.75, 3.05) is 27.2 Å². The van der Waals surface area contributed by atoms with E-state index in [1.54, 1.807) is 0 Å². The maximum Gasteiger partial charge on any atom is 0.0230 e. The van der Waals surface area contributed by atoms with Crippen LogP contribution in [-0.4, -0.2) is 37.0 Å². The normalized spacial score (nSPS) is 11.8. The first-order valence-electron chi connectivity index (χ1n) is 18.1. The monoisotopic (exact) mass is 557 g/mol. The van der Waals surface area contributed by atoms with Gasteiger partial charge in [-0.3, -0.25) is 0 Å². The van der Waals surface area contributed by atoms with Crippen molar-refractivity contribution in [3.63, 3.8) is 0 Å². The van der Waals surface area contributed by atoms with E-state index in [4.69, 9.17) is 0 Å². The molecule has 0 bridgehead atoms. The van der Waals surface area contributed by atoms with Crippen molar-refractivity contribution in [1.29, 1.82) is 0 Å².